The fraction of sp³-hybridized carbons (Fsp3) is 0.316. The molecule has 28 heavy (non-hydrogen) atoms. The van der Waals surface area contributed by atoms with Gasteiger partial charge in [0.05, 0.1) is 12.7 Å². The molecule has 144 valence electrons. The minimum atomic E-state index is -0.653. The lowest BCUT2D eigenvalue weighted by molar-refractivity contribution is -0.120. The zero-order valence-corrected chi connectivity index (χ0v) is 15.7. The number of carbonyl (C=O) groups excluding carboxylic acids is 2. The highest BCUT2D eigenvalue weighted by Gasteiger charge is 2.31. The molecular weight excluding hydrogens is 358 g/mol. The number of likely N-dealkylation sites (N-methyl/N-ethyl adjacent to an activating group) is 1. The first-order chi connectivity index (χ1) is 13.5. The smallest absolute Gasteiger partial charge is 0.291 e. The standard InChI is InChI=1S/C19H21N7O2/c1-13-10-21-26-9-8-15(19(28)24(2)18(13)26)22-17(27)16-20-12-25(23-16)11-14-6-4-3-5-7-14/h3-7,10,12,15H,8-9,11H2,1-2H3,(H,22,27). The fourth-order valence-electron chi connectivity index (χ4n) is 3.39. The second-order valence-corrected chi connectivity index (χ2v) is 6.84. The number of hydrogen-bond acceptors (Lipinski definition) is 5. The average Bonchev–Trinajstić information content (AvgIpc) is 3.28. The Labute approximate surface area is 162 Å². The lowest BCUT2D eigenvalue weighted by Crippen LogP contribution is -2.47. The number of nitrogens with one attached hydrogen (secondary N) is 1. The van der Waals surface area contributed by atoms with Crippen LogP contribution in [0.1, 0.15) is 28.2 Å². The maximum absolute atomic E-state index is 12.8. The summed E-state index contributed by atoms with van der Waals surface area (Å²) < 4.78 is 3.39. The summed E-state index contributed by atoms with van der Waals surface area (Å²) in [6.07, 6.45) is 3.71. The molecule has 0 aliphatic carbocycles. The van der Waals surface area contributed by atoms with E-state index in [0.29, 0.717) is 19.5 Å². The summed E-state index contributed by atoms with van der Waals surface area (Å²) in [5.74, 6) is 0.158. The quantitative estimate of drug-likeness (QED) is 0.729. The second kappa shape index (κ2) is 7.26. The van der Waals surface area contributed by atoms with Gasteiger partial charge in [-0.05, 0) is 18.9 Å². The number of amides is 2. The first-order valence-corrected chi connectivity index (χ1v) is 9.07. The summed E-state index contributed by atoms with van der Waals surface area (Å²) in [5, 5.41) is 11.3. The van der Waals surface area contributed by atoms with Crippen LogP contribution < -0.4 is 10.2 Å². The van der Waals surface area contributed by atoms with Crippen LogP contribution in [-0.2, 0) is 17.9 Å². The first-order valence-electron chi connectivity index (χ1n) is 9.07. The molecule has 1 aliphatic rings. The number of benzene rings is 1. The van der Waals surface area contributed by atoms with Crippen LogP contribution in [0, 0.1) is 6.92 Å². The van der Waals surface area contributed by atoms with E-state index >= 15 is 0 Å². The van der Waals surface area contributed by atoms with Gasteiger partial charge in [0.25, 0.3) is 11.8 Å². The number of fused-ring (bicyclic) bond motifs is 1. The third kappa shape index (κ3) is 3.38. The molecule has 9 heteroatoms. The molecule has 2 aromatic heterocycles. The van der Waals surface area contributed by atoms with Crippen LogP contribution in [0.3, 0.4) is 0 Å². The Kier molecular flexibility index (Phi) is 4.64. The van der Waals surface area contributed by atoms with E-state index in [2.05, 4.69) is 20.5 Å². The Morgan fingerprint density at radius 3 is 2.86 bits per heavy atom. The van der Waals surface area contributed by atoms with E-state index in [-0.39, 0.29) is 11.7 Å². The van der Waals surface area contributed by atoms with E-state index in [9.17, 15) is 9.59 Å². The molecule has 2 amide bonds. The molecule has 9 nitrogen and oxygen atoms in total. The number of aromatic nitrogens is 5. The van der Waals surface area contributed by atoms with Crippen LogP contribution >= 0.6 is 0 Å². The Morgan fingerprint density at radius 1 is 1.29 bits per heavy atom. The van der Waals surface area contributed by atoms with Gasteiger partial charge in [0, 0.05) is 19.2 Å². The molecule has 1 unspecified atom stereocenters. The van der Waals surface area contributed by atoms with Crippen molar-refractivity contribution in [2.45, 2.75) is 32.5 Å². The molecule has 3 aromatic rings. The zero-order valence-electron chi connectivity index (χ0n) is 15.7. The number of aryl methyl sites for hydroxylation is 2. The Balaban J connectivity index is 1.45. The average molecular weight is 379 g/mol. The zero-order chi connectivity index (χ0) is 19.7. The summed E-state index contributed by atoms with van der Waals surface area (Å²) in [6, 6.07) is 9.14. The van der Waals surface area contributed by atoms with Gasteiger partial charge < -0.3 is 5.32 Å². The molecule has 0 spiro atoms. The van der Waals surface area contributed by atoms with E-state index < -0.39 is 11.9 Å². The SMILES string of the molecule is Cc1cnn2c1N(C)C(=O)C(NC(=O)c1ncn(Cc3ccccc3)n1)CC2. The van der Waals surface area contributed by atoms with E-state index in [4.69, 9.17) is 0 Å². The Morgan fingerprint density at radius 2 is 2.07 bits per heavy atom. The van der Waals surface area contributed by atoms with Crippen LogP contribution in [-0.4, -0.2) is 49.4 Å². The van der Waals surface area contributed by atoms with Gasteiger partial charge in [-0.2, -0.15) is 5.10 Å². The molecule has 1 aliphatic heterocycles. The van der Waals surface area contributed by atoms with Crippen molar-refractivity contribution in [3.8, 4) is 0 Å². The highest BCUT2D eigenvalue weighted by molar-refractivity contribution is 6.01. The van der Waals surface area contributed by atoms with Crippen molar-refractivity contribution in [3.05, 3.63) is 59.8 Å². The summed E-state index contributed by atoms with van der Waals surface area (Å²) >= 11 is 0. The predicted molar refractivity (Wildman–Crippen MR) is 102 cm³/mol. The van der Waals surface area contributed by atoms with Gasteiger partial charge in [0.15, 0.2) is 0 Å². The van der Waals surface area contributed by atoms with Crippen molar-refractivity contribution in [2.75, 3.05) is 11.9 Å². The van der Waals surface area contributed by atoms with Gasteiger partial charge >= 0.3 is 0 Å². The molecule has 0 fully saturated rings. The monoisotopic (exact) mass is 379 g/mol. The third-order valence-corrected chi connectivity index (χ3v) is 4.80. The minimum Gasteiger partial charge on any atom is -0.337 e. The number of anilines is 1. The molecule has 1 aromatic carbocycles. The van der Waals surface area contributed by atoms with E-state index in [0.717, 1.165) is 16.9 Å². The molecule has 0 saturated heterocycles. The Hall–Kier alpha value is -3.49. The van der Waals surface area contributed by atoms with Crippen LogP contribution in [0.25, 0.3) is 0 Å². The molecule has 4 rings (SSSR count). The highest BCUT2D eigenvalue weighted by atomic mass is 16.2. The van der Waals surface area contributed by atoms with Crippen molar-refractivity contribution in [3.63, 3.8) is 0 Å². The van der Waals surface area contributed by atoms with Crippen molar-refractivity contribution in [1.29, 1.82) is 0 Å². The van der Waals surface area contributed by atoms with Gasteiger partial charge in [-0.25, -0.2) is 14.3 Å². The second-order valence-electron chi connectivity index (χ2n) is 6.84. The fourth-order valence-corrected chi connectivity index (χ4v) is 3.39. The van der Waals surface area contributed by atoms with E-state index in [1.54, 1.807) is 27.5 Å². The maximum Gasteiger partial charge on any atom is 0.291 e. The van der Waals surface area contributed by atoms with E-state index in [1.165, 1.54) is 6.33 Å². The number of carbonyl (C=O) groups is 2. The number of nitrogens with zero attached hydrogens (tertiary/aromatic N) is 6. The van der Waals surface area contributed by atoms with Crippen LogP contribution in [0.2, 0.25) is 0 Å². The lowest BCUT2D eigenvalue weighted by atomic mass is 10.2. The summed E-state index contributed by atoms with van der Waals surface area (Å²) in [5.41, 5.74) is 1.98. The third-order valence-electron chi connectivity index (χ3n) is 4.80. The van der Waals surface area contributed by atoms with Crippen LogP contribution in [0.15, 0.2) is 42.9 Å². The van der Waals surface area contributed by atoms with Crippen molar-refractivity contribution >= 4 is 17.6 Å². The first kappa shape index (κ1) is 17.9. The van der Waals surface area contributed by atoms with Crippen LogP contribution in [0.4, 0.5) is 5.82 Å². The predicted octanol–water partition coefficient (Wildman–Crippen LogP) is 0.996. The summed E-state index contributed by atoms with van der Waals surface area (Å²) in [4.78, 5) is 31.0. The molecule has 1 N–H and O–H groups in total. The lowest BCUT2D eigenvalue weighted by Gasteiger charge is -2.20. The van der Waals surface area contributed by atoms with E-state index in [1.807, 2.05) is 37.3 Å². The molecule has 0 saturated carbocycles. The van der Waals surface area contributed by atoms with Crippen molar-refractivity contribution in [2.24, 2.45) is 0 Å². The normalized spacial score (nSPS) is 16.6. The largest absolute Gasteiger partial charge is 0.337 e. The minimum absolute atomic E-state index is 0.0459. The number of rotatable bonds is 4. The molecule has 0 radical (unpaired) electrons. The summed E-state index contributed by atoms with van der Waals surface area (Å²) in [6.45, 7) is 2.97. The van der Waals surface area contributed by atoms with Crippen LogP contribution in [0.5, 0.6) is 0 Å². The van der Waals surface area contributed by atoms with Gasteiger partial charge in [-0.1, -0.05) is 30.3 Å². The van der Waals surface area contributed by atoms with Gasteiger partial charge in [0.1, 0.15) is 18.2 Å². The highest BCUT2D eigenvalue weighted by Crippen LogP contribution is 2.23. The molecule has 0 bridgehead atoms. The maximum atomic E-state index is 12.8. The van der Waals surface area contributed by atoms with Gasteiger partial charge in [-0.15, -0.1) is 5.10 Å². The van der Waals surface area contributed by atoms with Gasteiger partial charge in [-0.3, -0.25) is 14.5 Å². The molecular formula is C19H21N7O2. The summed E-state index contributed by atoms with van der Waals surface area (Å²) in [7, 11) is 1.69. The van der Waals surface area contributed by atoms with Gasteiger partial charge in [0.2, 0.25) is 5.82 Å². The number of hydrogen-bond donors (Lipinski definition) is 1. The Bertz CT molecular complexity index is 1010. The molecule has 3 heterocycles. The topological polar surface area (TPSA) is 97.9 Å². The van der Waals surface area contributed by atoms with Crippen molar-refractivity contribution in [1.82, 2.24) is 29.9 Å². The van der Waals surface area contributed by atoms with Crippen molar-refractivity contribution < 1.29 is 9.59 Å². The molecule has 1 atom stereocenters.